The molecule has 0 amide bonds. The molecular formula is C18H14ClN4. The summed E-state index contributed by atoms with van der Waals surface area (Å²) in [5.74, 6) is 0.717. The van der Waals surface area contributed by atoms with Crippen molar-refractivity contribution >= 4 is 39.7 Å². The zero-order valence-corrected chi connectivity index (χ0v) is 13.5. The van der Waals surface area contributed by atoms with Gasteiger partial charge < -0.3 is 5.32 Å². The fraction of sp³-hybridized carbons (Fsp3) is 0.111. The van der Waals surface area contributed by atoms with Crippen LogP contribution in [-0.2, 0) is 0 Å². The summed E-state index contributed by atoms with van der Waals surface area (Å²) in [4.78, 5) is 8.87. The Morgan fingerprint density at radius 3 is 2.70 bits per heavy atom. The highest BCUT2D eigenvalue weighted by Gasteiger charge is 2.11. The summed E-state index contributed by atoms with van der Waals surface area (Å²) in [6.07, 6.45) is 4.75. The van der Waals surface area contributed by atoms with E-state index < -0.39 is 0 Å². The van der Waals surface area contributed by atoms with Crippen molar-refractivity contribution in [3.8, 4) is 0 Å². The highest BCUT2D eigenvalue weighted by Crippen LogP contribution is 2.28. The van der Waals surface area contributed by atoms with Gasteiger partial charge in [-0.2, -0.15) is 0 Å². The van der Waals surface area contributed by atoms with Gasteiger partial charge in [0.15, 0.2) is 5.82 Å². The second-order valence-electron chi connectivity index (χ2n) is 5.56. The fourth-order valence-corrected chi connectivity index (χ4v) is 2.96. The van der Waals surface area contributed by atoms with E-state index in [9.17, 15) is 0 Å². The zero-order valence-electron chi connectivity index (χ0n) is 12.8. The maximum Gasteiger partial charge on any atom is 0.157 e. The van der Waals surface area contributed by atoms with Crippen LogP contribution in [-0.4, -0.2) is 14.4 Å². The van der Waals surface area contributed by atoms with E-state index in [0.717, 1.165) is 39.2 Å². The van der Waals surface area contributed by atoms with Gasteiger partial charge in [-0.1, -0.05) is 29.8 Å². The Kier molecular flexibility index (Phi) is 3.20. The smallest absolute Gasteiger partial charge is 0.157 e. The van der Waals surface area contributed by atoms with E-state index in [1.54, 1.807) is 6.33 Å². The third kappa shape index (κ3) is 2.32. The SMILES string of the molecule is Cc1cccc(C)c1Nc1nc2cc(Cl)ccc2n2cn[c]c12. The molecule has 2 heterocycles. The summed E-state index contributed by atoms with van der Waals surface area (Å²) in [7, 11) is 0. The Labute approximate surface area is 138 Å². The lowest BCUT2D eigenvalue weighted by molar-refractivity contribution is 1.18. The monoisotopic (exact) mass is 321 g/mol. The molecule has 0 spiro atoms. The van der Waals surface area contributed by atoms with Gasteiger partial charge in [0.05, 0.1) is 11.0 Å². The van der Waals surface area contributed by atoms with Crippen LogP contribution in [0.5, 0.6) is 0 Å². The van der Waals surface area contributed by atoms with Crippen molar-refractivity contribution in [1.29, 1.82) is 0 Å². The Morgan fingerprint density at radius 2 is 1.91 bits per heavy atom. The molecule has 0 aliphatic carbocycles. The Hall–Kier alpha value is -2.59. The number of para-hydroxylation sites is 1. The highest BCUT2D eigenvalue weighted by atomic mass is 35.5. The molecule has 1 N–H and O–H groups in total. The van der Waals surface area contributed by atoms with Crippen LogP contribution in [0.4, 0.5) is 11.5 Å². The predicted molar refractivity (Wildman–Crippen MR) is 93.5 cm³/mol. The second kappa shape index (κ2) is 5.25. The van der Waals surface area contributed by atoms with Gasteiger partial charge >= 0.3 is 0 Å². The molecule has 4 aromatic rings. The number of imidazole rings is 1. The molecule has 0 bridgehead atoms. The molecule has 1 radical (unpaired) electrons. The summed E-state index contributed by atoms with van der Waals surface area (Å²) in [6, 6.07) is 11.8. The topological polar surface area (TPSA) is 42.2 Å². The molecule has 0 aliphatic rings. The molecule has 2 aromatic heterocycles. The summed E-state index contributed by atoms with van der Waals surface area (Å²) in [5, 5.41) is 4.09. The third-order valence-corrected chi connectivity index (χ3v) is 4.20. The molecule has 23 heavy (non-hydrogen) atoms. The number of rotatable bonds is 2. The maximum absolute atomic E-state index is 6.11. The maximum atomic E-state index is 6.11. The molecule has 5 heteroatoms. The van der Waals surface area contributed by atoms with E-state index >= 15 is 0 Å². The minimum absolute atomic E-state index is 0.659. The van der Waals surface area contributed by atoms with Gasteiger partial charge in [0.2, 0.25) is 0 Å². The second-order valence-corrected chi connectivity index (χ2v) is 6.00. The van der Waals surface area contributed by atoms with Crippen LogP contribution in [0, 0.1) is 20.0 Å². The van der Waals surface area contributed by atoms with Crippen molar-refractivity contribution in [3.05, 3.63) is 65.1 Å². The Bertz CT molecular complexity index is 1020. The number of anilines is 2. The number of aryl methyl sites for hydroxylation is 2. The Balaban J connectivity index is 1.96. The minimum Gasteiger partial charge on any atom is -0.338 e. The van der Waals surface area contributed by atoms with Crippen LogP contribution in [0.1, 0.15) is 11.1 Å². The number of hydrogen-bond donors (Lipinski definition) is 1. The quantitative estimate of drug-likeness (QED) is 0.582. The lowest BCUT2D eigenvalue weighted by Crippen LogP contribution is -2.01. The number of benzene rings is 2. The van der Waals surface area contributed by atoms with Crippen LogP contribution in [0.3, 0.4) is 0 Å². The first-order chi connectivity index (χ1) is 11.1. The van der Waals surface area contributed by atoms with Crippen LogP contribution in [0.2, 0.25) is 5.02 Å². The van der Waals surface area contributed by atoms with Crippen molar-refractivity contribution in [2.24, 2.45) is 0 Å². The first-order valence-corrected chi connectivity index (χ1v) is 7.68. The van der Waals surface area contributed by atoms with Gasteiger partial charge in [-0.3, -0.25) is 4.40 Å². The summed E-state index contributed by atoms with van der Waals surface area (Å²) >= 11 is 6.11. The molecule has 113 valence electrons. The zero-order chi connectivity index (χ0) is 16.0. The van der Waals surface area contributed by atoms with E-state index in [-0.39, 0.29) is 0 Å². The number of hydrogen-bond acceptors (Lipinski definition) is 3. The van der Waals surface area contributed by atoms with Gasteiger partial charge in [0.1, 0.15) is 18.0 Å². The molecule has 0 saturated carbocycles. The van der Waals surface area contributed by atoms with Crippen molar-refractivity contribution in [2.75, 3.05) is 5.32 Å². The fourth-order valence-electron chi connectivity index (χ4n) is 2.79. The third-order valence-electron chi connectivity index (χ3n) is 3.96. The van der Waals surface area contributed by atoms with Gasteiger partial charge in [0.25, 0.3) is 0 Å². The van der Waals surface area contributed by atoms with Gasteiger partial charge in [-0.15, -0.1) is 0 Å². The number of aromatic nitrogens is 3. The summed E-state index contributed by atoms with van der Waals surface area (Å²) in [5.41, 5.74) is 5.95. The average molecular weight is 322 g/mol. The minimum atomic E-state index is 0.659. The lowest BCUT2D eigenvalue weighted by Gasteiger charge is -2.14. The van der Waals surface area contributed by atoms with E-state index in [2.05, 4.69) is 42.5 Å². The van der Waals surface area contributed by atoms with Gasteiger partial charge in [-0.05, 0) is 43.2 Å². The number of nitrogens with zero attached hydrogens (tertiary/aromatic N) is 3. The van der Waals surface area contributed by atoms with Crippen LogP contribution < -0.4 is 5.32 Å². The van der Waals surface area contributed by atoms with Crippen molar-refractivity contribution in [3.63, 3.8) is 0 Å². The van der Waals surface area contributed by atoms with Crippen molar-refractivity contribution in [2.45, 2.75) is 13.8 Å². The molecular weight excluding hydrogens is 308 g/mol. The van der Waals surface area contributed by atoms with Gasteiger partial charge in [0, 0.05) is 10.7 Å². The lowest BCUT2D eigenvalue weighted by atomic mass is 10.1. The highest BCUT2D eigenvalue weighted by molar-refractivity contribution is 6.31. The molecule has 4 nitrogen and oxygen atoms in total. The standard InChI is InChI=1S/C18H14ClN4/c1-11-4-3-5-12(2)17(11)22-18-16-9-20-10-23(16)15-7-6-13(19)8-14(15)21-18/h3-8,10H,1-2H3,(H,21,22). The molecule has 0 saturated heterocycles. The molecule has 0 unspecified atom stereocenters. The first-order valence-electron chi connectivity index (χ1n) is 7.31. The van der Waals surface area contributed by atoms with Crippen LogP contribution in [0.25, 0.3) is 16.6 Å². The number of halogens is 1. The van der Waals surface area contributed by atoms with E-state index in [1.807, 2.05) is 28.7 Å². The van der Waals surface area contributed by atoms with Crippen LogP contribution in [0.15, 0.2) is 42.7 Å². The summed E-state index contributed by atoms with van der Waals surface area (Å²) in [6.45, 7) is 4.15. The summed E-state index contributed by atoms with van der Waals surface area (Å²) < 4.78 is 1.97. The molecule has 4 rings (SSSR count). The Morgan fingerprint density at radius 1 is 1.13 bits per heavy atom. The molecule has 2 aromatic carbocycles. The largest absolute Gasteiger partial charge is 0.338 e. The van der Waals surface area contributed by atoms with Crippen LogP contribution >= 0.6 is 11.6 Å². The average Bonchev–Trinajstić information content (AvgIpc) is 3.00. The van der Waals surface area contributed by atoms with Crippen molar-refractivity contribution in [1.82, 2.24) is 14.4 Å². The van der Waals surface area contributed by atoms with Crippen molar-refractivity contribution < 1.29 is 0 Å². The van der Waals surface area contributed by atoms with Gasteiger partial charge in [-0.25, -0.2) is 9.97 Å². The predicted octanol–water partition coefficient (Wildman–Crippen LogP) is 4.70. The van der Waals surface area contributed by atoms with E-state index in [0.29, 0.717) is 5.02 Å². The molecule has 0 fully saturated rings. The first kappa shape index (κ1) is 14.0. The molecule has 0 aliphatic heterocycles. The normalized spacial score (nSPS) is 11.3. The van der Waals surface area contributed by atoms with E-state index in [1.165, 1.54) is 0 Å². The van der Waals surface area contributed by atoms with E-state index in [4.69, 9.17) is 16.6 Å². The number of nitrogens with one attached hydrogen (secondary N) is 1. The number of fused-ring (bicyclic) bond motifs is 3. The molecule has 0 atom stereocenters.